The van der Waals surface area contributed by atoms with E-state index in [1.54, 1.807) is 24.5 Å². The first kappa shape index (κ1) is 17.0. The zero-order valence-corrected chi connectivity index (χ0v) is 16.0. The Balaban J connectivity index is 1.30. The monoisotopic (exact) mass is 388 g/mol. The van der Waals surface area contributed by atoms with E-state index in [1.165, 1.54) is 44.2 Å². The Bertz CT molecular complexity index is 1080. The van der Waals surface area contributed by atoms with Crippen molar-refractivity contribution in [2.24, 2.45) is 16.7 Å². The van der Waals surface area contributed by atoms with E-state index in [0.29, 0.717) is 11.0 Å². The molecule has 0 bridgehead atoms. The molecular weight excluding hydrogens is 367 g/mol. The predicted octanol–water partition coefficient (Wildman–Crippen LogP) is 4.67. The van der Waals surface area contributed by atoms with E-state index in [2.05, 4.69) is 22.1 Å². The van der Waals surface area contributed by atoms with E-state index in [4.69, 9.17) is 4.74 Å². The standard InChI is InChI=1S/C24H21FN2O2/c25-19-3-1-2-16(11-19)21-20(27-22(28)29-21)17-10-15(13-26-14-17)4-6-23-7-5-18-12-24(18,23)9-8-23/h1-3,10-11,13-14,18,20-21H,5,7-9,12H2,(H,27,28). The lowest BCUT2D eigenvalue weighted by atomic mass is 9.58. The number of halogens is 1. The van der Waals surface area contributed by atoms with Gasteiger partial charge >= 0.3 is 6.09 Å². The summed E-state index contributed by atoms with van der Waals surface area (Å²) in [7, 11) is 0. The van der Waals surface area contributed by atoms with Gasteiger partial charge in [0.15, 0.2) is 6.10 Å². The average Bonchev–Trinajstić information content (AvgIpc) is 3.30. The number of amides is 1. The minimum Gasteiger partial charge on any atom is -0.439 e. The number of nitrogens with zero attached hydrogens (tertiary/aromatic N) is 1. The van der Waals surface area contributed by atoms with E-state index < -0.39 is 18.2 Å². The van der Waals surface area contributed by atoms with Crippen molar-refractivity contribution in [1.29, 1.82) is 0 Å². The second kappa shape index (κ2) is 5.82. The van der Waals surface area contributed by atoms with Gasteiger partial charge in [0.25, 0.3) is 0 Å². The lowest BCUT2D eigenvalue weighted by molar-refractivity contribution is 0.0858. The van der Waals surface area contributed by atoms with Crippen LogP contribution in [0.1, 0.15) is 60.9 Å². The molecular formula is C24H21FN2O2. The van der Waals surface area contributed by atoms with Gasteiger partial charge in [0.1, 0.15) is 11.9 Å². The molecule has 1 spiro atoms. The molecule has 5 unspecified atom stereocenters. The molecule has 1 N–H and O–H groups in total. The van der Waals surface area contributed by atoms with Crippen molar-refractivity contribution < 1.29 is 13.9 Å². The SMILES string of the molecule is O=C1NC(c2cncc(C#CC34CCC5CC53CC4)c2)C(c2cccc(F)c2)O1. The Morgan fingerprint density at radius 1 is 1.17 bits per heavy atom. The molecule has 1 aromatic carbocycles. The highest BCUT2D eigenvalue weighted by molar-refractivity contribution is 5.71. The molecule has 2 aromatic rings. The maximum atomic E-state index is 13.7. The molecule has 3 saturated carbocycles. The molecule has 4 nitrogen and oxygen atoms in total. The summed E-state index contributed by atoms with van der Waals surface area (Å²) in [6.45, 7) is 0. The van der Waals surface area contributed by atoms with Crippen LogP contribution in [-0.2, 0) is 4.74 Å². The van der Waals surface area contributed by atoms with E-state index in [9.17, 15) is 9.18 Å². The number of carbonyl (C=O) groups is 1. The van der Waals surface area contributed by atoms with E-state index >= 15 is 0 Å². The summed E-state index contributed by atoms with van der Waals surface area (Å²) in [5.41, 5.74) is 3.03. The molecule has 2 heterocycles. The van der Waals surface area contributed by atoms with Gasteiger partial charge in [-0.1, -0.05) is 24.0 Å². The number of rotatable bonds is 2. The predicted molar refractivity (Wildman–Crippen MR) is 104 cm³/mol. The van der Waals surface area contributed by atoms with E-state index in [1.807, 2.05) is 6.07 Å². The highest BCUT2D eigenvalue weighted by Crippen LogP contribution is 2.82. The number of alkyl carbamates (subject to hydrolysis) is 1. The molecule has 4 fully saturated rings. The number of hydrogen-bond donors (Lipinski definition) is 1. The zero-order chi connectivity index (χ0) is 19.6. The average molecular weight is 388 g/mol. The third-order valence-electron chi connectivity index (χ3n) is 7.65. The van der Waals surface area contributed by atoms with Crippen LogP contribution in [0.15, 0.2) is 42.7 Å². The molecule has 5 heteroatoms. The largest absolute Gasteiger partial charge is 0.439 e. The minimum atomic E-state index is -0.598. The van der Waals surface area contributed by atoms with Crippen LogP contribution in [-0.4, -0.2) is 11.1 Å². The summed E-state index contributed by atoms with van der Waals surface area (Å²) < 4.78 is 19.1. The first-order valence-corrected chi connectivity index (χ1v) is 10.3. The first-order chi connectivity index (χ1) is 14.1. The minimum absolute atomic E-state index is 0.225. The van der Waals surface area contributed by atoms with Gasteiger partial charge in [-0.25, -0.2) is 9.18 Å². The van der Waals surface area contributed by atoms with E-state index in [-0.39, 0.29) is 11.2 Å². The van der Waals surface area contributed by atoms with Crippen molar-refractivity contribution >= 4 is 6.09 Å². The molecule has 5 atom stereocenters. The number of nitrogens with one attached hydrogen (secondary N) is 1. The lowest BCUT2D eigenvalue weighted by Gasteiger charge is -2.44. The van der Waals surface area contributed by atoms with Crippen LogP contribution in [0.2, 0.25) is 0 Å². The Hall–Kier alpha value is -2.87. The van der Waals surface area contributed by atoms with E-state index in [0.717, 1.165) is 17.0 Å². The second-order valence-corrected chi connectivity index (χ2v) is 8.94. The van der Waals surface area contributed by atoms with Gasteiger partial charge in [-0.05, 0) is 72.8 Å². The molecule has 1 aromatic heterocycles. The molecule has 0 radical (unpaired) electrons. The third-order valence-corrected chi connectivity index (χ3v) is 7.65. The lowest BCUT2D eigenvalue weighted by Crippen LogP contribution is -2.38. The highest BCUT2D eigenvalue weighted by Gasteiger charge is 2.74. The van der Waals surface area contributed by atoms with Gasteiger partial charge in [-0.15, -0.1) is 0 Å². The first-order valence-electron chi connectivity index (χ1n) is 10.3. The number of benzene rings is 1. The molecule has 1 saturated heterocycles. The molecule has 1 aliphatic heterocycles. The maximum absolute atomic E-state index is 13.7. The Morgan fingerprint density at radius 3 is 2.86 bits per heavy atom. The van der Waals surface area contributed by atoms with Crippen LogP contribution in [0.25, 0.3) is 0 Å². The number of hydrogen-bond acceptors (Lipinski definition) is 3. The van der Waals surface area contributed by atoms with Crippen LogP contribution in [0.3, 0.4) is 0 Å². The molecule has 4 aliphatic rings. The molecule has 29 heavy (non-hydrogen) atoms. The topological polar surface area (TPSA) is 51.2 Å². The van der Waals surface area contributed by atoms with Crippen molar-refractivity contribution in [2.75, 3.05) is 0 Å². The van der Waals surface area contributed by atoms with Crippen LogP contribution >= 0.6 is 0 Å². The fraction of sp³-hybridized carbons (Fsp3) is 0.417. The van der Waals surface area contributed by atoms with Crippen molar-refractivity contribution in [3.63, 3.8) is 0 Å². The summed E-state index contributed by atoms with van der Waals surface area (Å²) in [6, 6.07) is 7.70. The fourth-order valence-corrected chi connectivity index (χ4v) is 5.95. The summed E-state index contributed by atoms with van der Waals surface area (Å²) in [4.78, 5) is 16.3. The highest BCUT2D eigenvalue weighted by atomic mass is 19.1. The number of pyridine rings is 1. The van der Waals surface area contributed by atoms with Gasteiger partial charge in [0.05, 0.1) is 0 Å². The van der Waals surface area contributed by atoms with Gasteiger partial charge in [-0.2, -0.15) is 0 Å². The van der Waals surface area contributed by atoms with Crippen LogP contribution in [0.4, 0.5) is 9.18 Å². The van der Waals surface area contributed by atoms with Crippen molar-refractivity contribution in [3.8, 4) is 11.8 Å². The van der Waals surface area contributed by atoms with Crippen LogP contribution in [0, 0.1) is 34.4 Å². The van der Waals surface area contributed by atoms with Crippen LogP contribution in [0.5, 0.6) is 0 Å². The maximum Gasteiger partial charge on any atom is 0.408 e. The van der Waals surface area contributed by atoms with Gasteiger partial charge in [0, 0.05) is 23.4 Å². The number of aromatic nitrogens is 1. The van der Waals surface area contributed by atoms with Gasteiger partial charge in [-0.3, -0.25) is 4.98 Å². The fourth-order valence-electron chi connectivity index (χ4n) is 5.95. The summed E-state index contributed by atoms with van der Waals surface area (Å²) in [6.07, 6.45) is 8.85. The van der Waals surface area contributed by atoms with Crippen LogP contribution < -0.4 is 5.32 Å². The Morgan fingerprint density at radius 2 is 2.10 bits per heavy atom. The molecule has 3 aliphatic carbocycles. The third kappa shape index (κ3) is 2.45. The number of carbonyl (C=O) groups excluding carboxylic acids is 1. The Kier molecular flexibility index (Phi) is 3.42. The number of ether oxygens (including phenoxy) is 1. The van der Waals surface area contributed by atoms with Crippen molar-refractivity contribution in [2.45, 2.75) is 44.2 Å². The quantitative estimate of drug-likeness (QED) is 0.761. The molecule has 146 valence electrons. The smallest absolute Gasteiger partial charge is 0.408 e. The van der Waals surface area contributed by atoms with Crippen molar-refractivity contribution in [1.82, 2.24) is 10.3 Å². The summed E-state index contributed by atoms with van der Waals surface area (Å²) in [5, 5.41) is 2.83. The Labute approximate surface area is 168 Å². The van der Waals surface area contributed by atoms with Gasteiger partial charge < -0.3 is 10.1 Å². The number of cyclic esters (lactones) is 1. The second-order valence-electron chi connectivity index (χ2n) is 8.94. The van der Waals surface area contributed by atoms with Crippen molar-refractivity contribution in [3.05, 3.63) is 65.2 Å². The zero-order valence-electron chi connectivity index (χ0n) is 16.0. The van der Waals surface area contributed by atoms with Gasteiger partial charge in [0.2, 0.25) is 0 Å². The normalized spacial score (nSPS) is 36.0. The summed E-state index contributed by atoms with van der Waals surface area (Å²) in [5.74, 6) is 7.54. The molecule has 6 rings (SSSR count). The molecule has 1 amide bonds. The summed E-state index contributed by atoms with van der Waals surface area (Å²) >= 11 is 0.